The zero-order valence-corrected chi connectivity index (χ0v) is 8.26. The van der Waals surface area contributed by atoms with Gasteiger partial charge in [0.2, 0.25) is 0 Å². The second kappa shape index (κ2) is 2.77. The zero-order valence-electron chi connectivity index (χ0n) is 8.26. The SMILES string of the molecule is CC1(C)CCc2[nH]c(=O)ncc2C1=O. The first-order valence-electron chi connectivity index (χ1n) is 4.64. The van der Waals surface area contributed by atoms with Gasteiger partial charge in [-0.3, -0.25) is 4.79 Å². The van der Waals surface area contributed by atoms with Gasteiger partial charge < -0.3 is 4.98 Å². The van der Waals surface area contributed by atoms with Crippen molar-refractivity contribution in [1.29, 1.82) is 0 Å². The van der Waals surface area contributed by atoms with E-state index in [-0.39, 0.29) is 16.9 Å². The van der Waals surface area contributed by atoms with Crippen LogP contribution in [-0.2, 0) is 6.42 Å². The summed E-state index contributed by atoms with van der Waals surface area (Å²) in [5.41, 5.74) is 0.596. The Bertz CT molecular complexity index is 446. The summed E-state index contributed by atoms with van der Waals surface area (Å²) in [6.07, 6.45) is 2.90. The third-order valence-electron chi connectivity index (χ3n) is 2.75. The number of ketones is 1. The zero-order chi connectivity index (χ0) is 10.3. The van der Waals surface area contributed by atoms with Crippen molar-refractivity contribution >= 4 is 5.78 Å². The maximum Gasteiger partial charge on any atom is 0.345 e. The molecule has 1 N–H and O–H groups in total. The van der Waals surface area contributed by atoms with Gasteiger partial charge in [0, 0.05) is 17.3 Å². The average Bonchev–Trinajstić information content (AvgIpc) is 2.12. The third kappa shape index (κ3) is 1.27. The van der Waals surface area contributed by atoms with Gasteiger partial charge in [-0.2, -0.15) is 0 Å². The van der Waals surface area contributed by atoms with Crippen molar-refractivity contribution in [2.75, 3.05) is 0 Å². The standard InChI is InChI=1S/C10H12N2O2/c1-10(2)4-3-7-6(8(10)13)5-11-9(14)12-7/h5H,3-4H2,1-2H3,(H,11,12,14). The lowest BCUT2D eigenvalue weighted by Crippen LogP contribution is -2.33. The predicted octanol–water partition coefficient (Wildman–Crippen LogP) is 0.925. The first kappa shape index (κ1) is 9.12. The molecular weight excluding hydrogens is 180 g/mol. The van der Waals surface area contributed by atoms with Crippen molar-refractivity contribution in [2.45, 2.75) is 26.7 Å². The van der Waals surface area contributed by atoms with Gasteiger partial charge >= 0.3 is 5.69 Å². The largest absolute Gasteiger partial charge is 0.345 e. The van der Waals surface area contributed by atoms with Crippen molar-refractivity contribution in [3.8, 4) is 0 Å². The summed E-state index contributed by atoms with van der Waals surface area (Å²) in [6.45, 7) is 3.84. The molecule has 1 heterocycles. The molecule has 74 valence electrons. The summed E-state index contributed by atoms with van der Waals surface area (Å²) in [6, 6.07) is 0. The number of carbonyl (C=O) groups excluding carboxylic acids is 1. The Morgan fingerprint density at radius 3 is 2.86 bits per heavy atom. The number of aryl methyl sites for hydroxylation is 1. The number of nitrogens with zero attached hydrogens (tertiary/aromatic N) is 1. The van der Waals surface area contributed by atoms with Gasteiger partial charge in [-0.25, -0.2) is 9.78 Å². The molecule has 4 heteroatoms. The molecule has 0 aliphatic heterocycles. The van der Waals surface area contributed by atoms with Gasteiger partial charge in [-0.1, -0.05) is 13.8 Å². The Balaban J connectivity index is 2.57. The Morgan fingerprint density at radius 2 is 2.14 bits per heavy atom. The normalized spacial score (nSPS) is 19.1. The lowest BCUT2D eigenvalue weighted by Gasteiger charge is -2.28. The molecule has 1 aliphatic rings. The molecule has 1 aromatic rings. The van der Waals surface area contributed by atoms with Crippen LogP contribution in [0.4, 0.5) is 0 Å². The van der Waals surface area contributed by atoms with E-state index in [2.05, 4.69) is 9.97 Å². The molecular formula is C10H12N2O2. The molecule has 0 saturated carbocycles. The highest BCUT2D eigenvalue weighted by Crippen LogP contribution is 2.32. The first-order chi connectivity index (χ1) is 6.50. The van der Waals surface area contributed by atoms with Crippen LogP contribution >= 0.6 is 0 Å². The fraction of sp³-hybridized carbons (Fsp3) is 0.500. The van der Waals surface area contributed by atoms with Crippen molar-refractivity contribution in [3.05, 3.63) is 27.9 Å². The van der Waals surface area contributed by atoms with Crippen LogP contribution in [0.1, 0.15) is 36.3 Å². The van der Waals surface area contributed by atoms with Gasteiger partial charge in [0.05, 0.1) is 5.56 Å². The molecule has 0 bridgehead atoms. The fourth-order valence-corrected chi connectivity index (χ4v) is 1.74. The van der Waals surface area contributed by atoms with Gasteiger partial charge in [0.25, 0.3) is 0 Å². The number of carbonyl (C=O) groups is 1. The molecule has 1 aromatic heterocycles. The number of aromatic nitrogens is 2. The van der Waals surface area contributed by atoms with Crippen LogP contribution in [0.3, 0.4) is 0 Å². The first-order valence-corrected chi connectivity index (χ1v) is 4.64. The Labute approximate surface area is 81.4 Å². The fourth-order valence-electron chi connectivity index (χ4n) is 1.74. The van der Waals surface area contributed by atoms with Crippen LogP contribution in [0, 0.1) is 5.41 Å². The van der Waals surface area contributed by atoms with Crippen LogP contribution in [0.5, 0.6) is 0 Å². The molecule has 0 atom stereocenters. The second-order valence-electron chi connectivity index (χ2n) is 4.29. The molecule has 0 aromatic carbocycles. The molecule has 0 fully saturated rings. The average molecular weight is 192 g/mol. The lowest BCUT2D eigenvalue weighted by molar-refractivity contribution is 0.0808. The number of fused-ring (bicyclic) bond motifs is 1. The summed E-state index contributed by atoms with van der Waals surface area (Å²) in [5, 5.41) is 0. The molecule has 1 aliphatic carbocycles. The van der Waals surface area contributed by atoms with E-state index in [1.54, 1.807) is 0 Å². The number of Topliss-reactive ketones (excluding diaryl/α,β-unsaturated/α-hetero) is 1. The number of rotatable bonds is 0. The van der Waals surface area contributed by atoms with E-state index >= 15 is 0 Å². The third-order valence-corrected chi connectivity index (χ3v) is 2.75. The summed E-state index contributed by atoms with van der Waals surface area (Å²) in [7, 11) is 0. The molecule has 0 amide bonds. The van der Waals surface area contributed by atoms with Crippen molar-refractivity contribution in [1.82, 2.24) is 9.97 Å². The molecule has 0 unspecified atom stereocenters. The van der Waals surface area contributed by atoms with Gasteiger partial charge in [0.1, 0.15) is 0 Å². The smallest absolute Gasteiger partial charge is 0.309 e. The van der Waals surface area contributed by atoms with E-state index in [1.807, 2.05) is 13.8 Å². The molecule has 0 spiro atoms. The van der Waals surface area contributed by atoms with Gasteiger partial charge in [-0.05, 0) is 12.8 Å². The maximum atomic E-state index is 11.9. The summed E-state index contributed by atoms with van der Waals surface area (Å²) >= 11 is 0. The lowest BCUT2D eigenvalue weighted by atomic mass is 9.75. The van der Waals surface area contributed by atoms with E-state index < -0.39 is 0 Å². The van der Waals surface area contributed by atoms with Crippen molar-refractivity contribution in [3.63, 3.8) is 0 Å². The Hall–Kier alpha value is -1.45. The minimum atomic E-state index is -0.378. The highest BCUT2D eigenvalue weighted by molar-refractivity contribution is 6.01. The highest BCUT2D eigenvalue weighted by Gasteiger charge is 2.34. The maximum absolute atomic E-state index is 11.9. The Kier molecular flexibility index (Phi) is 1.80. The minimum absolute atomic E-state index is 0.0718. The molecule has 0 radical (unpaired) electrons. The van der Waals surface area contributed by atoms with Crippen LogP contribution in [0.25, 0.3) is 0 Å². The summed E-state index contributed by atoms with van der Waals surface area (Å²) in [5.74, 6) is 0.0718. The second-order valence-corrected chi connectivity index (χ2v) is 4.29. The molecule has 2 rings (SSSR count). The van der Waals surface area contributed by atoms with E-state index in [9.17, 15) is 9.59 Å². The number of H-pyrrole nitrogens is 1. The van der Waals surface area contributed by atoms with E-state index in [1.165, 1.54) is 6.20 Å². The van der Waals surface area contributed by atoms with E-state index in [0.29, 0.717) is 5.56 Å². The number of aromatic amines is 1. The van der Waals surface area contributed by atoms with Crippen molar-refractivity contribution < 1.29 is 4.79 Å². The highest BCUT2D eigenvalue weighted by atomic mass is 16.1. The van der Waals surface area contributed by atoms with Crippen LogP contribution in [-0.4, -0.2) is 15.8 Å². The van der Waals surface area contributed by atoms with Gasteiger partial charge in [0.15, 0.2) is 5.78 Å². The quantitative estimate of drug-likeness (QED) is 0.665. The van der Waals surface area contributed by atoms with Gasteiger partial charge in [-0.15, -0.1) is 0 Å². The molecule has 14 heavy (non-hydrogen) atoms. The minimum Gasteiger partial charge on any atom is -0.309 e. The molecule has 0 saturated heterocycles. The van der Waals surface area contributed by atoms with Crippen LogP contribution in [0.15, 0.2) is 11.0 Å². The molecule has 4 nitrogen and oxygen atoms in total. The van der Waals surface area contributed by atoms with Crippen LogP contribution in [0.2, 0.25) is 0 Å². The monoisotopic (exact) mass is 192 g/mol. The predicted molar refractivity (Wildman–Crippen MR) is 51.3 cm³/mol. The number of nitrogens with one attached hydrogen (secondary N) is 1. The topological polar surface area (TPSA) is 62.8 Å². The number of hydrogen-bond acceptors (Lipinski definition) is 3. The summed E-state index contributed by atoms with van der Waals surface area (Å²) < 4.78 is 0. The van der Waals surface area contributed by atoms with Crippen molar-refractivity contribution in [2.24, 2.45) is 5.41 Å². The van der Waals surface area contributed by atoms with Crippen LogP contribution < -0.4 is 5.69 Å². The van der Waals surface area contributed by atoms with E-state index in [0.717, 1.165) is 18.5 Å². The Morgan fingerprint density at radius 1 is 1.43 bits per heavy atom. The number of hydrogen-bond donors (Lipinski definition) is 1. The summed E-state index contributed by atoms with van der Waals surface area (Å²) in [4.78, 5) is 29.0. The van der Waals surface area contributed by atoms with E-state index in [4.69, 9.17) is 0 Å².